The number of rotatable bonds is 4. The summed E-state index contributed by atoms with van der Waals surface area (Å²) in [7, 11) is 0. The van der Waals surface area contributed by atoms with E-state index in [2.05, 4.69) is 0 Å². The van der Waals surface area contributed by atoms with Crippen molar-refractivity contribution in [2.45, 2.75) is 106 Å². The third-order valence-corrected chi connectivity index (χ3v) is 7.83. The highest BCUT2D eigenvalue weighted by Gasteiger charge is 2.62. The molecule has 5 aliphatic rings. The predicted molar refractivity (Wildman–Crippen MR) is 122 cm³/mol. The Balaban J connectivity index is 1.19. The second kappa shape index (κ2) is 9.36. The van der Waals surface area contributed by atoms with Crippen LogP contribution in [-0.4, -0.2) is 54.9 Å². The van der Waals surface area contributed by atoms with Gasteiger partial charge < -0.3 is 28.4 Å². The molecule has 0 aromatic heterocycles. The summed E-state index contributed by atoms with van der Waals surface area (Å²) in [4.78, 5) is 12.9. The first-order valence-corrected chi connectivity index (χ1v) is 12.9. The van der Waals surface area contributed by atoms with Gasteiger partial charge in [-0.25, -0.2) is 4.79 Å². The Labute approximate surface area is 200 Å². The van der Waals surface area contributed by atoms with Crippen LogP contribution >= 0.6 is 0 Å². The second-order valence-corrected chi connectivity index (χ2v) is 10.2. The van der Waals surface area contributed by atoms with E-state index in [-0.39, 0.29) is 6.10 Å². The lowest BCUT2D eigenvalue weighted by molar-refractivity contribution is -0.261. The van der Waals surface area contributed by atoms with Crippen molar-refractivity contribution in [1.29, 1.82) is 0 Å². The van der Waals surface area contributed by atoms with Crippen LogP contribution in [0.15, 0.2) is 36.4 Å². The third kappa shape index (κ3) is 4.44. The van der Waals surface area contributed by atoms with E-state index in [9.17, 15) is 4.79 Å². The molecule has 2 saturated carbocycles. The van der Waals surface area contributed by atoms with E-state index in [1.807, 2.05) is 30.3 Å². The zero-order valence-corrected chi connectivity index (χ0v) is 19.6. The molecule has 0 radical (unpaired) electrons. The molecule has 7 heteroatoms. The molecule has 2 spiro atoms. The lowest BCUT2D eigenvalue weighted by atomic mass is 9.94. The third-order valence-electron chi connectivity index (χ3n) is 7.83. The van der Waals surface area contributed by atoms with Crippen LogP contribution in [0.1, 0.15) is 69.8 Å². The maximum absolute atomic E-state index is 12.9. The fourth-order valence-electron chi connectivity index (χ4n) is 6.11. The minimum atomic E-state index is -0.624. The van der Waals surface area contributed by atoms with Crippen molar-refractivity contribution in [3.63, 3.8) is 0 Å². The van der Waals surface area contributed by atoms with Crippen molar-refractivity contribution >= 4 is 12.0 Å². The molecule has 7 nitrogen and oxygen atoms in total. The van der Waals surface area contributed by atoms with E-state index < -0.39 is 42.1 Å². The highest BCUT2D eigenvalue weighted by molar-refractivity contribution is 5.87. The number of benzene rings is 1. The highest BCUT2D eigenvalue weighted by Crippen LogP contribution is 2.48. The van der Waals surface area contributed by atoms with Crippen molar-refractivity contribution < 1.29 is 33.2 Å². The van der Waals surface area contributed by atoms with Gasteiger partial charge in [0.05, 0.1) is 6.61 Å². The van der Waals surface area contributed by atoms with E-state index >= 15 is 0 Å². The lowest BCUT2D eigenvalue weighted by Gasteiger charge is -2.35. The fourth-order valence-corrected chi connectivity index (χ4v) is 6.11. The number of carbonyl (C=O) groups is 1. The van der Waals surface area contributed by atoms with Crippen LogP contribution in [0.3, 0.4) is 0 Å². The quantitative estimate of drug-likeness (QED) is 0.474. The molecular weight excluding hydrogens is 436 g/mol. The average Bonchev–Trinajstić information content (AvgIpc) is 3.52. The standard InChI is InChI=1S/C27H34O7/c28-21(13-12-19-10-4-1-5-11-19)30-23-22(20-18-29-26(32-20)14-6-2-7-15-26)31-25-24(23)33-27(34-25)16-8-3-9-17-27/h1,4-5,10-13,20,22-25H,2-3,6-9,14-18H2/b13-12+/t20-,22-,23+,24-,25+/m0/s1. The molecule has 1 aromatic rings. The van der Waals surface area contributed by atoms with Gasteiger partial charge in [-0.1, -0.05) is 43.2 Å². The normalized spacial score (nSPS) is 36.3. The molecule has 3 aliphatic heterocycles. The molecule has 2 aliphatic carbocycles. The van der Waals surface area contributed by atoms with Crippen LogP contribution < -0.4 is 0 Å². The zero-order chi connectivity index (χ0) is 23.0. The molecule has 3 saturated heterocycles. The molecule has 0 bridgehead atoms. The second-order valence-electron chi connectivity index (χ2n) is 10.2. The molecule has 184 valence electrons. The van der Waals surface area contributed by atoms with Crippen LogP contribution in [-0.2, 0) is 33.2 Å². The Hall–Kier alpha value is -1.77. The summed E-state index contributed by atoms with van der Waals surface area (Å²) >= 11 is 0. The fraction of sp³-hybridized carbons (Fsp3) is 0.667. The van der Waals surface area contributed by atoms with Gasteiger partial charge in [-0.2, -0.15) is 0 Å². The Morgan fingerprint density at radius 1 is 0.853 bits per heavy atom. The molecule has 1 aromatic carbocycles. The summed E-state index contributed by atoms with van der Waals surface area (Å²) in [5, 5.41) is 0. The maximum Gasteiger partial charge on any atom is 0.331 e. The molecule has 34 heavy (non-hydrogen) atoms. The minimum Gasteiger partial charge on any atom is -0.453 e. The molecule has 5 fully saturated rings. The van der Waals surface area contributed by atoms with Gasteiger partial charge in [0.2, 0.25) is 0 Å². The van der Waals surface area contributed by atoms with Crippen LogP contribution in [0.25, 0.3) is 6.08 Å². The number of carbonyl (C=O) groups excluding carboxylic acids is 1. The van der Waals surface area contributed by atoms with Crippen LogP contribution in [0.4, 0.5) is 0 Å². The first kappa shape index (κ1) is 22.7. The largest absolute Gasteiger partial charge is 0.453 e. The van der Waals surface area contributed by atoms with E-state index in [4.69, 9.17) is 28.4 Å². The predicted octanol–water partition coefficient (Wildman–Crippen LogP) is 4.49. The number of hydrogen-bond donors (Lipinski definition) is 0. The Morgan fingerprint density at radius 2 is 1.56 bits per heavy atom. The summed E-state index contributed by atoms with van der Waals surface area (Å²) in [6.07, 6.45) is 10.9. The van der Waals surface area contributed by atoms with Crippen LogP contribution in [0, 0.1) is 0 Å². The Morgan fingerprint density at radius 3 is 2.29 bits per heavy atom. The summed E-state index contributed by atoms with van der Waals surface area (Å²) < 4.78 is 37.8. The smallest absolute Gasteiger partial charge is 0.331 e. The minimum absolute atomic E-state index is 0.325. The van der Waals surface area contributed by atoms with Gasteiger partial charge in [-0.15, -0.1) is 0 Å². The van der Waals surface area contributed by atoms with Gasteiger partial charge in [-0.3, -0.25) is 0 Å². The van der Waals surface area contributed by atoms with Gasteiger partial charge in [-0.05, 0) is 37.3 Å². The van der Waals surface area contributed by atoms with Gasteiger partial charge >= 0.3 is 5.97 Å². The zero-order valence-electron chi connectivity index (χ0n) is 19.6. The van der Waals surface area contributed by atoms with E-state index in [1.54, 1.807) is 6.08 Å². The SMILES string of the molecule is O=C(/C=C/c1ccccc1)O[C@H]1[C@@H]2OC3(CCCCC3)O[C@H]2O[C@H]1[C@@H]1COC2(CCCCC2)O1. The van der Waals surface area contributed by atoms with Crippen molar-refractivity contribution in [2.24, 2.45) is 0 Å². The number of ether oxygens (including phenoxy) is 6. The van der Waals surface area contributed by atoms with Gasteiger partial charge in [0, 0.05) is 31.8 Å². The van der Waals surface area contributed by atoms with Crippen LogP contribution in [0.2, 0.25) is 0 Å². The highest BCUT2D eigenvalue weighted by atomic mass is 16.9. The maximum atomic E-state index is 12.9. The van der Waals surface area contributed by atoms with E-state index in [1.165, 1.54) is 18.9 Å². The number of hydrogen-bond acceptors (Lipinski definition) is 7. The molecule has 3 heterocycles. The Kier molecular flexibility index (Phi) is 6.24. The van der Waals surface area contributed by atoms with Crippen molar-refractivity contribution in [1.82, 2.24) is 0 Å². The molecular formula is C27H34O7. The Bertz CT molecular complexity index is 887. The number of esters is 1. The summed E-state index contributed by atoms with van der Waals surface area (Å²) in [5.41, 5.74) is 0.935. The van der Waals surface area contributed by atoms with Crippen molar-refractivity contribution in [3.8, 4) is 0 Å². The van der Waals surface area contributed by atoms with Gasteiger partial charge in [0.25, 0.3) is 0 Å². The van der Waals surface area contributed by atoms with Gasteiger partial charge in [0.15, 0.2) is 30.1 Å². The topological polar surface area (TPSA) is 72.5 Å². The lowest BCUT2D eigenvalue weighted by Crippen LogP contribution is -2.46. The van der Waals surface area contributed by atoms with Crippen molar-refractivity contribution in [3.05, 3.63) is 42.0 Å². The summed E-state index contributed by atoms with van der Waals surface area (Å²) in [6, 6.07) is 9.69. The average molecular weight is 471 g/mol. The summed E-state index contributed by atoms with van der Waals surface area (Å²) in [6.45, 7) is 0.420. The molecule has 0 unspecified atom stereocenters. The first-order chi connectivity index (χ1) is 16.6. The molecule has 6 rings (SSSR count). The molecule has 0 amide bonds. The van der Waals surface area contributed by atoms with E-state index in [0.717, 1.165) is 56.9 Å². The van der Waals surface area contributed by atoms with Crippen LogP contribution in [0.5, 0.6) is 0 Å². The summed E-state index contributed by atoms with van der Waals surface area (Å²) in [5.74, 6) is -1.58. The molecule has 0 N–H and O–H groups in total. The molecule has 5 atom stereocenters. The van der Waals surface area contributed by atoms with E-state index in [0.29, 0.717) is 6.61 Å². The number of fused-ring (bicyclic) bond motifs is 1. The first-order valence-electron chi connectivity index (χ1n) is 12.9. The monoisotopic (exact) mass is 470 g/mol. The van der Waals surface area contributed by atoms with Gasteiger partial charge in [0.1, 0.15) is 12.2 Å². The van der Waals surface area contributed by atoms with Crippen molar-refractivity contribution in [2.75, 3.05) is 6.61 Å².